The van der Waals surface area contributed by atoms with E-state index in [1.165, 1.54) is 0 Å². The first-order valence-electron chi connectivity index (χ1n) is 4.66. The first-order valence-corrected chi connectivity index (χ1v) is 4.66. The molecule has 1 aliphatic rings. The van der Waals surface area contributed by atoms with E-state index < -0.39 is 0 Å². The second kappa shape index (κ2) is 6.63. The molecule has 0 saturated carbocycles. The molecule has 2 rings (SSSR count). The highest BCUT2D eigenvalue weighted by atomic mass is 16.7. The third-order valence-corrected chi connectivity index (χ3v) is 1.69. The van der Waals surface area contributed by atoms with Crippen LogP contribution in [0.2, 0.25) is 0 Å². The molecule has 1 heterocycles. The molecule has 1 saturated heterocycles. The van der Waals surface area contributed by atoms with Crippen LogP contribution in [0.25, 0.3) is 0 Å². The molecule has 0 N–H and O–H groups in total. The predicted molar refractivity (Wildman–Crippen MR) is 52.4 cm³/mol. The van der Waals surface area contributed by atoms with Crippen LogP contribution in [0.5, 0.6) is 0 Å². The van der Waals surface area contributed by atoms with Gasteiger partial charge in [0.25, 0.3) is 0 Å². The van der Waals surface area contributed by atoms with Crippen molar-refractivity contribution in [1.82, 2.24) is 0 Å². The Morgan fingerprint density at radius 1 is 0.923 bits per heavy atom. The summed E-state index contributed by atoms with van der Waals surface area (Å²) in [6.07, 6.45) is 1.07. The van der Waals surface area contributed by atoms with Gasteiger partial charge in [-0.2, -0.15) is 0 Å². The fourth-order valence-electron chi connectivity index (χ4n) is 1.03. The molecule has 0 aromatic heterocycles. The third kappa shape index (κ3) is 4.65. The average Bonchev–Trinajstić information content (AvgIpc) is 2.74. The number of hydrogen-bond acceptors (Lipinski definition) is 2. The molecule has 0 atom stereocenters. The SMILES string of the molecule is CCC1OCCO1.c1ccccc1. The topological polar surface area (TPSA) is 18.5 Å². The molecular weight excluding hydrogens is 164 g/mol. The molecule has 0 unspecified atom stereocenters. The maximum Gasteiger partial charge on any atom is 0.157 e. The Bertz CT molecular complexity index is 166. The average molecular weight is 180 g/mol. The summed E-state index contributed by atoms with van der Waals surface area (Å²) in [5, 5.41) is 0. The van der Waals surface area contributed by atoms with Crippen molar-refractivity contribution in [2.24, 2.45) is 0 Å². The summed E-state index contributed by atoms with van der Waals surface area (Å²) in [6.45, 7) is 3.60. The van der Waals surface area contributed by atoms with Crippen molar-refractivity contribution < 1.29 is 9.47 Å². The first-order chi connectivity index (χ1) is 6.43. The molecule has 0 radical (unpaired) electrons. The zero-order valence-corrected chi connectivity index (χ0v) is 7.98. The van der Waals surface area contributed by atoms with Crippen LogP contribution in [0.3, 0.4) is 0 Å². The summed E-state index contributed by atoms with van der Waals surface area (Å²) in [5.41, 5.74) is 0. The Balaban J connectivity index is 0.000000132. The van der Waals surface area contributed by atoms with E-state index in [2.05, 4.69) is 6.92 Å². The molecule has 1 aliphatic heterocycles. The van der Waals surface area contributed by atoms with Crippen molar-refractivity contribution in [3.05, 3.63) is 36.4 Å². The number of benzene rings is 1. The molecule has 0 aliphatic carbocycles. The van der Waals surface area contributed by atoms with E-state index in [4.69, 9.17) is 9.47 Å². The van der Waals surface area contributed by atoms with E-state index in [0.717, 1.165) is 19.6 Å². The van der Waals surface area contributed by atoms with E-state index in [0.29, 0.717) is 0 Å². The minimum atomic E-state index is 0.0972. The van der Waals surface area contributed by atoms with Crippen LogP contribution < -0.4 is 0 Å². The maximum absolute atomic E-state index is 5.08. The van der Waals surface area contributed by atoms with E-state index in [9.17, 15) is 0 Å². The van der Waals surface area contributed by atoms with Gasteiger partial charge < -0.3 is 9.47 Å². The van der Waals surface area contributed by atoms with Gasteiger partial charge in [-0.25, -0.2) is 0 Å². The lowest BCUT2D eigenvalue weighted by Gasteiger charge is -2.01. The van der Waals surface area contributed by atoms with Gasteiger partial charge in [0.2, 0.25) is 0 Å². The van der Waals surface area contributed by atoms with Gasteiger partial charge in [0.05, 0.1) is 13.2 Å². The van der Waals surface area contributed by atoms with Crippen LogP contribution in [0.4, 0.5) is 0 Å². The Morgan fingerprint density at radius 3 is 1.54 bits per heavy atom. The number of rotatable bonds is 1. The van der Waals surface area contributed by atoms with Gasteiger partial charge in [-0.15, -0.1) is 0 Å². The van der Waals surface area contributed by atoms with Crippen molar-refractivity contribution >= 4 is 0 Å². The van der Waals surface area contributed by atoms with Crippen LogP contribution in [-0.4, -0.2) is 19.5 Å². The molecule has 1 fully saturated rings. The lowest BCUT2D eigenvalue weighted by Crippen LogP contribution is -2.03. The van der Waals surface area contributed by atoms with E-state index in [1.54, 1.807) is 0 Å². The third-order valence-electron chi connectivity index (χ3n) is 1.69. The summed E-state index contributed by atoms with van der Waals surface area (Å²) in [7, 11) is 0. The van der Waals surface area contributed by atoms with Gasteiger partial charge in [-0.1, -0.05) is 43.3 Å². The van der Waals surface area contributed by atoms with Crippen molar-refractivity contribution in [1.29, 1.82) is 0 Å². The van der Waals surface area contributed by atoms with Crippen LogP contribution >= 0.6 is 0 Å². The molecule has 13 heavy (non-hydrogen) atoms. The zero-order chi connectivity index (χ0) is 9.36. The van der Waals surface area contributed by atoms with Crippen molar-refractivity contribution in [2.75, 3.05) is 13.2 Å². The second-order valence-corrected chi connectivity index (χ2v) is 2.73. The Hall–Kier alpha value is -0.860. The fraction of sp³-hybridized carbons (Fsp3) is 0.455. The number of ether oxygens (including phenoxy) is 2. The normalized spacial score (nSPS) is 16.4. The minimum Gasteiger partial charge on any atom is -0.350 e. The fourth-order valence-corrected chi connectivity index (χ4v) is 1.03. The van der Waals surface area contributed by atoms with Crippen LogP contribution in [0.15, 0.2) is 36.4 Å². The summed E-state index contributed by atoms with van der Waals surface area (Å²) >= 11 is 0. The minimum absolute atomic E-state index is 0.0972. The van der Waals surface area contributed by atoms with Crippen LogP contribution in [0, 0.1) is 0 Å². The van der Waals surface area contributed by atoms with E-state index in [1.807, 2.05) is 36.4 Å². The molecule has 2 heteroatoms. The summed E-state index contributed by atoms with van der Waals surface area (Å²) in [6, 6.07) is 12.0. The maximum atomic E-state index is 5.08. The van der Waals surface area contributed by atoms with E-state index >= 15 is 0 Å². The van der Waals surface area contributed by atoms with Crippen molar-refractivity contribution in [3.63, 3.8) is 0 Å². The summed E-state index contributed by atoms with van der Waals surface area (Å²) in [4.78, 5) is 0. The Labute approximate surface area is 79.5 Å². The number of hydrogen-bond donors (Lipinski definition) is 0. The largest absolute Gasteiger partial charge is 0.350 e. The lowest BCUT2D eigenvalue weighted by atomic mass is 10.4. The van der Waals surface area contributed by atoms with Gasteiger partial charge in [-0.05, 0) is 6.42 Å². The standard InChI is InChI=1S/C6H6.C5H10O2/c1-2-4-6-5-3-1;1-2-5-6-3-4-7-5/h1-6H;5H,2-4H2,1H3. The summed E-state index contributed by atoms with van der Waals surface area (Å²) < 4.78 is 10.2. The lowest BCUT2D eigenvalue weighted by molar-refractivity contribution is -0.0430. The Morgan fingerprint density at radius 2 is 1.31 bits per heavy atom. The van der Waals surface area contributed by atoms with Gasteiger partial charge in [0.1, 0.15) is 0 Å². The van der Waals surface area contributed by atoms with Crippen LogP contribution in [0.1, 0.15) is 13.3 Å². The quantitative estimate of drug-likeness (QED) is 0.661. The highest BCUT2D eigenvalue weighted by molar-refractivity contribution is 4.99. The highest BCUT2D eigenvalue weighted by Gasteiger charge is 2.11. The first kappa shape index (κ1) is 10.2. The van der Waals surface area contributed by atoms with Gasteiger partial charge in [0.15, 0.2) is 6.29 Å². The van der Waals surface area contributed by atoms with E-state index in [-0.39, 0.29) is 6.29 Å². The molecule has 2 nitrogen and oxygen atoms in total. The monoisotopic (exact) mass is 180 g/mol. The zero-order valence-electron chi connectivity index (χ0n) is 7.98. The molecule has 72 valence electrons. The highest BCUT2D eigenvalue weighted by Crippen LogP contribution is 2.05. The molecule has 0 amide bonds. The molecular formula is C11H16O2. The second-order valence-electron chi connectivity index (χ2n) is 2.73. The van der Waals surface area contributed by atoms with Gasteiger partial charge >= 0.3 is 0 Å². The predicted octanol–water partition coefficient (Wildman–Crippen LogP) is 2.46. The van der Waals surface area contributed by atoms with Crippen molar-refractivity contribution in [2.45, 2.75) is 19.6 Å². The molecule has 1 aromatic rings. The summed E-state index contributed by atoms with van der Waals surface area (Å²) in [5.74, 6) is 0. The van der Waals surface area contributed by atoms with Crippen LogP contribution in [-0.2, 0) is 9.47 Å². The molecule has 0 spiro atoms. The Kier molecular flexibility index (Phi) is 5.22. The molecule has 0 bridgehead atoms. The van der Waals surface area contributed by atoms with Gasteiger partial charge in [-0.3, -0.25) is 0 Å². The van der Waals surface area contributed by atoms with Gasteiger partial charge in [0, 0.05) is 0 Å². The molecule has 1 aromatic carbocycles. The van der Waals surface area contributed by atoms with Crippen molar-refractivity contribution in [3.8, 4) is 0 Å². The smallest absolute Gasteiger partial charge is 0.157 e.